The molecule has 0 spiro atoms. The van der Waals surface area contributed by atoms with E-state index in [4.69, 9.17) is 9.72 Å². The van der Waals surface area contributed by atoms with Gasteiger partial charge in [-0.05, 0) is 56.0 Å². The molecule has 0 radical (unpaired) electrons. The number of carbonyl (C=O) groups is 1. The maximum atomic E-state index is 13.0. The van der Waals surface area contributed by atoms with E-state index < -0.39 is 0 Å². The molecule has 0 fully saturated rings. The van der Waals surface area contributed by atoms with E-state index in [1.54, 1.807) is 11.8 Å². The first-order valence-electron chi connectivity index (χ1n) is 10.7. The van der Waals surface area contributed by atoms with Crippen LogP contribution in [-0.2, 0) is 24.8 Å². The zero-order chi connectivity index (χ0) is 22.7. The van der Waals surface area contributed by atoms with E-state index in [9.17, 15) is 4.79 Å². The number of hydrogen-bond acceptors (Lipinski definition) is 5. The lowest BCUT2D eigenvalue weighted by molar-refractivity contribution is -0.131. The van der Waals surface area contributed by atoms with E-state index in [1.807, 2.05) is 39.9 Å². The van der Waals surface area contributed by atoms with Crippen molar-refractivity contribution in [2.45, 2.75) is 40.2 Å². The molecule has 0 bridgehead atoms. The molecule has 7 heteroatoms. The smallest absolute Gasteiger partial charge is 0.242 e. The zero-order valence-electron chi connectivity index (χ0n) is 19.7. The largest absolute Gasteiger partial charge is 0.479 e. The molecular weight excluding hydrogens is 390 g/mol. The monoisotopic (exact) mass is 423 g/mol. The second kappa shape index (κ2) is 9.37. The number of methoxy groups -OCH3 is 1. The summed E-state index contributed by atoms with van der Waals surface area (Å²) in [6.07, 6.45) is 1.09. The van der Waals surface area contributed by atoms with Crippen molar-refractivity contribution in [1.82, 2.24) is 19.7 Å². The van der Waals surface area contributed by atoms with Crippen molar-refractivity contribution in [3.63, 3.8) is 0 Å². The van der Waals surface area contributed by atoms with Crippen molar-refractivity contribution in [2.75, 3.05) is 32.6 Å². The van der Waals surface area contributed by atoms with Crippen molar-refractivity contribution < 1.29 is 9.53 Å². The Balaban J connectivity index is 1.75. The average molecular weight is 424 g/mol. The third-order valence-electron chi connectivity index (χ3n) is 5.87. The van der Waals surface area contributed by atoms with Gasteiger partial charge in [0.2, 0.25) is 11.8 Å². The van der Waals surface area contributed by atoms with Crippen molar-refractivity contribution in [2.24, 2.45) is 7.05 Å². The Morgan fingerprint density at radius 3 is 2.42 bits per heavy atom. The molecule has 3 rings (SSSR count). The van der Waals surface area contributed by atoms with Crippen LogP contribution in [0.25, 0.3) is 11.0 Å². The van der Waals surface area contributed by atoms with Crippen molar-refractivity contribution in [1.29, 1.82) is 0 Å². The van der Waals surface area contributed by atoms with Gasteiger partial charge in [-0.2, -0.15) is 0 Å². The van der Waals surface area contributed by atoms with Crippen LogP contribution in [-0.4, -0.2) is 53.3 Å². The molecule has 0 saturated carbocycles. The number of anilines is 1. The van der Waals surface area contributed by atoms with Gasteiger partial charge in [0.25, 0.3) is 0 Å². The van der Waals surface area contributed by atoms with E-state index in [0.29, 0.717) is 31.8 Å². The number of pyridine rings is 1. The Kier molecular flexibility index (Phi) is 6.83. The molecule has 1 aromatic carbocycles. The first-order valence-corrected chi connectivity index (χ1v) is 10.7. The van der Waals surface area contributed by atoms with Crippen molar-refractivity contribution in [3.05, 3.63) is 46.6 Å². The maximum Gasteiger partial charge on any atom is 0.242 e. The third-order valence-corrected chi connectivity index (χ3v) is 5.87. The first kappa shape index (κ1) is 22.6. The lowest BCUT2D eigenvalue weighted by Crippen LogP contribution is -2.30. The molecule has 31 heavy (non-hydrogen) atoms. The van der Waals surface area contributed by atoms with Gasteiger partial charge in [-0.25, -0.2) is 9.67 Å². The summed E-state index contributed by atoms with van der Waals surface area (Å²) >= 11 is 0. The summed E-state index contributed by atoms with van der Waals surface area (Å²) in [6, 6.07) is 8.35. The standard InChI is InChI=1S/C24H33N5O2/c1-8-29(15-18-9-11-19(12-10-18)27(4)5)21(30)14-13-20-16(2)22-23(25-17(20)3)28(6)26-24(22)31-7/h9-12H,8,13-15H2,1-7H3. The Labute approximate surface area is 184 Å². The highest BCUT2D eigenvalue weighted by molar-refractivity contribution is 5.86. The Morgan fingerprint density at radius 1 is 1.16 bits per heavy atom. The number of amides is 1. The van der Waals surface area contributed by atoms with Gasteiger partial charge < -0.3 is 14.5 Å². The molecule has 0 aliphatic heterocycles. The van der Waals surface area contributed by atoms with Gasteiger partial charge in [-0.3, -0.25) is 4.79 Å². The van der Waals surface area contributed by atoms with Crippen LogP contribution in [0.5, 0.6) is 5.88 Å². The summed E-state index contributed by atoms with van der Waals surface area (Å²) in [5, 5.41) is 5.33. The molecule has 0 aliphatic rings. The predicted octanol–water partition coefficient (Wildman–Crippen LogP) is 3.64. The molecule has 3 aromatic rings. The van der Waals surface area contributed by atoms with Gasteiger partial charge in [-0.1, -0.05) is 12.1 Å². The first-order chi connectivity index (χ1) is 14.8. The second-order valence-corrected chi connectivity index (χ2v) is 8.10. The molecule has 2 aromatic heterocycles. The van der Waals surface area contributed by atoms with E-state index in [0.717, 1.165) is 39.1 Å². The highest BCUT2D eigenvalue weighted by Crippen LogP contribution is 2.30. The second-order valence-electron chi connectivity index (χ2n) is 8.10. The van der Waals surface area contributed by atoms with Gasteiger partial charge in [0, 0.05) is 52.0 Å². The number of aryl methyl sites for hydroxylation is 3. The summed E-state index contributed by atoms with van der Waals surface area (Å²) < 4.78 is 7.18. The number of aromatic nitrogens is 3. The fraction of sp³-hybridized carbons (Fsp3) is 0.458. The van der Waals surface area contributed by atoms with Gasteiger partial charge in [0.15, 0.2) is 5.65 Å². The van der Waals surface area contributed by atoms with Crippen LogP contribution in [0.1, 0.15) is 35.7 Å². The zero-order valence-corrected chi connectivity index (χ0v) is 19.7. The van der Waals surface area contributed by atoms with Gasteiger partial charge in [-0.15, -0.1) is 5.10 Å². The molecule has 7 nitrogen and oxygen atoms in total. The van der Waals surface area contributed by atoms with Crippen molar-refractivity contribution >= 4 is 22.6 Å². The van der Waals surface area contributed by atoms with Crippen LogP contribution < -0.4 is 9.64 Å². The molecule has 0 aliphatic carbocycles. The topological polar surface area (TPSA) is 63.5 Å². The Morgan fingerprint density at radius 2 is 1.84 bits per heavy atom. The quantitative estimate of drug-likeness (QED) is 0.554. The predicted molar refractivity (Wildman–Crippen MR) is 125 cm³/mol. The number of hydrogen-bond donors (Lipinski definition) is 0. The molecule has 0 N–H and O–H groups in total. The number of benzene rings is 1. The summed E-state index contributed by atoms with van der Waals surface area (Å²) in [6.45, 7) is 7.38. The van der Waals surface area contributed by atoms with Crippen LogP contribution in [0, 0.1) is 13.8 Å². The Bertz CT molecular complexity index is 1070. The van der Waals surface area contributed by atoms with E-state index in [1.165, 1.54) is 0 Å². The van der Waals surface area contributed by atoms with E-state index in [2.05, 4.69) is 41.2 Å². The number of rotatable bonds is 8. The SMILES string of the molecule is CCN(Cc1ccc(N(C)C)cc1)C(=O)CCc1c(C)nc2c(c(OC)nn2C)c1C. The van der Waals surface area contributed by atoms with Crippen LogP contribution in [0.4, 0.5) is 5.69 Å². The van der Waals surface area contributed by atoms with Crippen LogP contribution >= 0.6 is 0 Å². The molecule has 2 heterocycles. The lowest BCUT2D eigenvalue weighted by Gasteiger charge is -2.22. The summed E-state index contributed by atoms with van der Waals surface area (Å²) in [7, 11) is 7.53. The highest BCUT2D eigenvalue weighted by atomic mass is 16.5. The molecular formula is C24H33N5O2. The normalized spacial score (nSPS) is 11.1. The summed E-state index contributed by atoms with van der Waals surface area (Å²) in [5.74, 6) is 0.725. The number of carbonyl (C=O) groups excluding carboxylic acids is 1. The van der Waals surface area contributed by atoms with Gasteiger partial charge in [0.05, 0.1) is 12.5 Å². The summed E-state index contributed by atoms with van der Waals surface area (Å²) in [4.78, 5) is 21.7. The minimum absolute atomic E-state index is 0.149. The lowest BCUT2D eigenvalue weighted by atomic mass is 10.00. The van der Waals surface area contributed by atoms with E-state index >= 15 is 0 Å². The molecule has 166 valence electrons. The highest BCUT2D eigenvalue weighted by Gasteiger charge is 2.19. The number of fused-ring (bicyclic) bond motifs is 1. The molecule has 0 saturated heterocycles. The average Bonchev–Trinajstić information content (AvgIpc) is 3.07. The fourth-order valence-corrected chi connectivity index (χ4v) is 3.99. The minimum atomic E-state index is 0.149. The third kappa shape index (κ3) is 4.65. The Hall–Kier alpha value is -3.09. The molecule has 1 amide bonds. The van der Waals surface area contributed by atoms with Gasteiger partial charge in [0.1, 0.15) is 0 Å². The van der Waals surface area contributed by atoms with E-state index in [-0.39, 0.29) is 5.91 Å². The molecule has 0 unspecified atom stereocenters. The number of ether oxygens (including phenoxy) is 1. The maximum absolute atomic E-state index is 13.0. The van der Waals surface area contributed by atoms with Crippen molar-refractivity contribution in [3.8, 4) is 5.88 Å². The minimum Gasteiger partial charge on any atom is -0.479 e. The fourth-order valence-electron chi connectivity index (χ4n) is 3.99. The van der Waals surface area contributed by atoms with Gasteiger partial charge >= 0.3 is 0 Å². The summed E-state index contributed by atoms with van der Waals surface area (Å²) in [5.41, 5.74) is 6.21. The van der Waals surface area contributed by atoms with Crippen LogP contribution in [0.15, 0.2) is 24.3 Å². The van der Waals surface area contributed by atoms with Crippen LogP contribution in [0.2, 0.25) is 0 Å². The molecule has 0 atom stereocenters. The number of nitrogens with zero attached hydrogens (tertiary/aromatic N) is 5. The van der Waals surface area contributed by atoms with Crippen LogP contribution in [0.3, 0.4) is 0 Å².